The minimum absolute atomic E-state index is 0.0122. The van der Waals surface area contributed by atoms with Gasteiger partial charge in [-0.2, -0.15) is 0 Å². The number of aliphatic hydroxyl groups excluding tert-OH is 1. The fourth-order valence-corrected chi connectivity index (χ4v) is 0.767. The summed E-state index contributed by atoms with van der Waals surface area (Å²) in [6.45, 7) is -0.0122. The van der Waals surface area contributed by atoms with E-state index in [0.717, 1.165) is 0 Å². The number of ether oxygens (including phenoxy) is 2. The van der Waals surface area contributed by atoms with E-state index in [1.54, 1.807) is 0 Å². The average Bonchev–Trinajstić information content (AvgIpc) is 2.67. The Balaban J connectivity index is 2.11. The second-order valence-corrected chi connectivity index (χ2v) is 2.18. The number of hydrogen-bond acceptors (Lipinski definition) is 4. The van der Waals surface area contributed by atoms with Crippen LogP contribution in [0.3, 0.4) is 0 Å². The van der Waals surface area contributed by atoms with Gasteiger partial charge in [-0.1, -0.05) is 0 Å². The van der Waals surface area contributed by atoms with Crippen molar-refractivity contribution in [2.75, 3.05) is 13.7 Å². The molecular weight excluding hydrogens is 136 g/mol. The van der Waals surface area contributed by atoms with Gasteiger partial charge < -0.3 is 14.6 Å². The van der Waals surface area contributed by atoms with Crippen LogP contribution in [0, 0.1) is 0 Å². The molecule has 0 spiro atoms. The highest BCUT2D eigenvalue weighted by Crippen LogP contribution is 2.24. The molecule has 58 valence electrons. The Bertz CT molecular complexity index is 134. The third kappa shape index (κ3) is 1.68. The van der Waals surface area contributed by atoms with Gasteiger partial charge in [-0.3, -0.25) is 4.79 Å². The van der Waals surface area contributed by atoms with Gasteiger partial charge >= 0.3 is 5.97 Å². The van der Waals surface area contributed by atoms with Crippen LogP contribution in [-0.4, -0.2) is 37.0 Å². The van der Waals surface area contributed by atoms with E-state index < -0.39 is 0 Å². The minimum atomic E-state index is -0.291. The Kier molecular flexibility index (Phi) is 2.24. The maximum Gasteiger partial charge on any atom is 0.308 e. The van der Waals surface area contributed by atoms with Crippen molar-refractivity contribution in [3.05, 3.63) is 0 Å². The Morgan fingerprint density at radius 2 is 2.40 bits per heavy atom. The standard InChI is InChI=1S/C6H10O4/c1-9-6(8)2-4-5(3-7)10-4/h4-5,7H,2-3H2,1H3/t4-,5-/m1/s1. The summed E-state index contributed by atoms with van der Waals surface area (Å²) in [5, 5.41) is 8.48. The third-order valence-electron chi connectivity index (χ3n) is 1.46. The highest BCUT2D eigenvalue weighted by molar-refractivity contribution is 5.70. The molecule has 0 aromatic carbocycles. The lowest BCUT2D eigenvalue weighted by molar-refractivity contribution is -0.140. The first kappa shape index (κ1) is 7.50. The van der Waals surface area contributed by atoms with E-state index >= 15 is 0 Å². The fraction of sp³-hybridized carbons (Fsp3) is 0.833. The van der Waals surface area contributed by atoms with Gasteiger partial charge in [0.15, 0.2) is 0 Å². The molecule has 1 saturated heterocycles. The SMILES string of the molecule is COC(=O)C[C@H]1O[C@@H]1CO. The van der Waals surface area contributed by atoms with Gasteiger partial charge in [0.2, 0.25) is 0 Å². The first-order valence-electron chi connectivity index (χ1n) is 3.11. The maximum absolute atomic E-state index is 10.5. The summed E-state index contributed by atoms with van der Waals surface area (Å²) in [7, 11) is 1.33. The van der Waals surface area contributed by atoms with Crippen molar-refractivity contribution in [3.8, 4) is 0 Å². The molecule has 2 atom stereocenters. The first-order valence-corrected chi connectivity index (χ1v) is 3.11. The molecule has 1 aliphatic rings. The minimum Gasteiger partial charge on any atom is -0.469 e. The Morgan fingerprint density at radius 1 is 1.70 bits per heavy atom. The van der Waals surface area contributed by atoms with Gasteiger partial charge in [0, 0.05) is 0 Å². The van der Waals surface area contributed by atoms with Crippen LogP contribution in [-0.2, 0) is 14.3 Å². The lowest BCUT2D eigenvalue weighted by Gasteiger charge is -1.92. The van der Waals surface area contributed by atoms with Gasteiger partial charge in [-0.05, 0) is 0 Å². The Morgan fingerprint density at radius 3 is 2.80 bits per heavy atom. The van der Waals surface area contributed by atoms with Crippen LogP contribution in [0.1, 0.15) is 6.42 Å². The zero-order valence-electron chi connectivity index (χ0n) is 5.74. The van der Waals surface area contributed by atoms with E-state index in [2.05, 4.69) is 4.74 Å². The number of esters is 1. The second-order valence-electron chi connectivity index (χ2n) is 2.18. The molecule has 1 N–H and O–H groups in total. The zero-order valence-corrected chi connectivity index (χ0v) is 5.74. The molecule has 0 aromatic rings. The number of epoxide rings is 1. The highest BCUT2D eigenvalue weighted by atomic mass is 16.6. The van der Waals surface area contributed by atoms with Gasteiger partial charge in [0.1, 0.15) is 6.10 Å². The summed E-state index contributed by atoms with van der Waals surface area (Å²) in [5.74, 6) is -0.291. The number of hydrogen-bond donors (Lipinski definition) is 1. The molecule has 4 heteroatoms. The molecule has 0 bridgehead atoms. The molecule has 1 aliphatic heterocycles. The average molecular weight is 146 g/mol. The molecule has 0 aromatic heterocycles. The largest absolute Gasteiger partial charge is 0.469 e. The summed E-state index contributed by atoms with van der Waals surface area (Å²) >= 11 is 0. The molecule has 0 unspecified atom stereocenters. The van der Waals surface area contributed by atoms with Gasteiger partial charge in [-0.25, -0.2) is 0 Å². The van der Waals surface area contributed by atoms with Gasteiger partial charge in [0.25, 0.3) is 0 Å². The maximum atomic E-state index is 10.5. The summed E-state index contributed by atoms with van der Waals surface area (Å²) in [6, 6.07) is 0. The van der Waals surface area contributed by atoms with Crippen molar-refractivity contribution >= 4 is 5.97 Å². The predicted octanol–water partition coefficient (Wildman–Crippen LogP) is -0.691. The molecule has 1 rings (SSSR count). The fourth-order valence-electron chi connectivity index (χ4n) is 0.767. The molecule has 1 fully saturated rings. The molecule has 1 heterocycles. The van der Waals surface area contributed by atoms with Crippen LogP contribution in [0.2, 0.25) is 0 Å². The summed E-state index contributed by atoms with van der Waals surface area (Å²) in [4.78, 5) is 10.5. The topological polar surface area (TPSA) is 59.1 Å². The normalized spacial score (nSPS) is 29.8. The quantitative estimate of drug-likeness (QED) is 0.423. The summed E-state index contributed by atoms with van der Waals surface area (Å²) in [6.07, 6.45) is -0.00148. The number of methoxy groups -OCH3 is 1. The van der Waals surface area contributed by atoms with Crippen molar-refractivity contribution < 1.29 is 19.4 Å². The van der Waals surface area contributed by atoms with Gasteiger partial charge in [-0.15, -0.1) is 0 Å². The van der Waals surface area contributed by atoms with E-state index in [1.807, 2.05) is 0 Å². The summed E-state index contributed by atoms with van der Waals surface area (Å²) < 4.78 is 9.28. The molecular formula is C6H10O4. The van der Waals surface area contributed by atoms with E-state index in [1.165, 1.54) is 7.11 Å². The monoisotopic (exact) mass is 146 g/mol. The van der Waals surface area contributed by atoms with Crippen LogP contribution >= 0.6 is 0 Å². The van der Waals surface area contributed by atoms with Crippen molar-refractivity contribution in [1.82, 2.24) is 0 Å². The zero-order chi connectivity index (χ0) is 7.56. The van der Waals surface area contributed by atoms with Crippen molar-refractivity contribution in [1.29, 1.82) is 0 Å². The van der Waals surface area contributed by atoms with Crippen molar-refractivity contribution in [2.45, 2.75) is 18.6 Å². The van der Waals surface area contributed by atoms with Crippen molar-refractivity contribution in [2.24, 2.45) is 0 Å². The van der Waals surface area contributed by atoms with E-state index in [0.29, 0.717) is 0 Å². The second kappa shape index (κ2) is 2.98. The third-order valence-corrected chi connectivity index (χ3v) is 1.46. The van der Waals surface area contributed by atoms with E-state index in [4.69, 9.17) is 9.84 Å². The molecule has 0 radical (unpaired) electrons. The van der Waals surface area contributed by atoms with E-state index in [9.17, 15) is 4.79 Å². The molecule has 10 heavy (non-hydrogen) atoms. The molecule has 0 saturated carbocycles. The van der Waals surface area contributed by atoms with Crippen LogP contribution in [0.4, 0.5) is 0 Å². The first-order chi connectivity index (χ1) is 4.77. The lowest BCUT2D eigenvalue weighted by atomic mass is 10.2. The number of rotatable bonds is 3. The lowest BCUT2D eigenvalue weighted by Crippen LogP contribution is -2.07. The van der Waals surface area contributed by atoms with Crippen molar-refractivity contribution in [3.63, 3.8) is 0 Å². The van der Waals surface area contributed by atoms with Gasteiger partial charge in [0.05, 0.1) is 26.2 Å². The number of carbonyl (C=O) groups is 1. The van der Waals surface area contributed by atoms with Crippen LogP contribution < -0.4 is 0 Å². The summed E-state index contributed by atoms with van der Waals surface area (Å²) in [5.41, 5.74) is 0. The molecule has 0 amide bonds. The van der Waals surface area contributed by atoms with Crippen LogP contribution in [0.15, 0.2) is 0 Å². The number of aliphatic hydroxyl groups is 1. The Labute approximate surface area is 58.7 Å². The smallest absolute Gasteiger partial charge is 0.308 e. The van der Waals surface area contributed by atoms with E-state index in [-0.39, 0.29) is 31.2 Å². The van der Waals surface area contributed by atoms with Crippen LogP contribution in [0.5, 0.6) is 0 Å². The molecule has 4 nitrogen and oxygen atoms in total. The Hall–Kier alpha value is -0.610. The predicted molar refractivity (Wildman–Crippen MR) is 32.4 cm³/mol. The van der Waals surface area contributed by atoms with Crippen LogP contribution in [0.25, 0.3) is 0 Å². The number of carbonyl (C=O) groups excluding carboxylic acids is 1. The highest BCUT2D eigenvalue weighted by Gasteiger charge is 2.39. The molecule has 0 aliphatic carbocycles.